The molecule has 0 aromatic rings. The lowest BCUT2D eigenvalue weighted by molar-refractivity contribution is -0.125. The van der Waals surface area contributed by atoms with E-state index in [1.165, 1.54) is 0 Å². The van der Waals surface area contributed by atoms with E-state index in [9.17, 15) is 13.2 Å². The number of sulfone groups is 1. The summed E-state index contributed by atoms with van der Waals surface area (Å²) in [5.74, 6) is -0.382. The van der Waals surface area contributed by atoms with E-state index in [0.717, 1.165) is 0 Å². The minimum atomic E-state index is -3.23. The monoisotopic (exact) mass is 315 g/mol. The Hall–Kier alpha value is -0.000000000000000111. The molecule has 1 aliphatic carbocycles. The van der Waals surface area contributed by atoms with Crippen LogP contribution in [0.5, 0.6) is 0 Å². The van der Waals surface area contributed by atoms with E-state index >= 15 is 0 Å². The number of alkyl halides is 2. The molecule has 1 saturated carbocycles. The van der Waals surface area contributed by atoms with Crippen molar-refractivity contribution in [3.8, 4) is 0 Å². The number of rotatable bonds is 4. The van der Waals surface area contributed by atoms with Crippen LogP contribution in [0, 0.1) is 5.41 Å². The summed E-state index contributed by atoms with van der Waals surface area (Å²) < 4.78 is 21.8. The van der Waals surface area contributed by atoms with Gasteiger partial charge in [0.1, 0.15) is 4.33 Å². The molecule has 1 atom stereocenters. The summed E-state index contributed by atoms with van der Waals surface area (Å²) in [5, 5.41) is 2.58. The van der Waals surface area contributed by atoms with Crippen LogP contribution >= 0.6 is 23.2 Å². The molecule has 0 aliphatic heterocycles. The molecule has 1 N–H and O–H groups in total. The van der Waals surface area contributed by atoms with Crippen LogP contribution in [0.2, 0.25) is 0 Å². The van der Waals surface area contributed by atoms with Crippen LogP contribution in [0.1, 0.15) is 34.1 Å². The number of carbonyl (C=O) groups is 1. The van der Waals surface area contributed by atoms with Crippen LogP contribution in [0.4, 0.5) is 0 Å². The predicted molar refractivity (Wildman–Crippen MR) is 73.7 cm³/mol. The van der Waals surface area contributed by atoms with Crippen LogP contribution in [0.15, 0.2) is 0 Å². The van der Waals surface area contributed by atoms with Crippen LogP contribution in [-0.2, 0) is 14.6 Å². The van der Waals surface area contributed by atoms with Crippen molar-refractivity contribution in [1.29, 1.82) is 0 Å². The highest BCUT2D eigenvalue weighted by atomic mass is 35.5. The first kappa shape index (κ1) is 16.1. The van der Waals surface area contributed by atoms with E-state index in [2.05, 4.69) is 5.32 Å². The third-order valence-electron chi connectivity index (χ3n) is 3.35. The summed E-state index contributed by atoms with van der Waals surface area (Å²) in [6, 6.07) is 0. The fourth-order valence-corrected chi connectivity index (χ4v) is 3.14. The summed E-state index contributed by atoms with van der Waals surface area (Å²) in [5.41, 5.74) is -0.804. The molecule has 106 valence electrons. The highest BCUT2D eigenvalue weighted by molar-refractivity contribution is 7.92. The molecule has 0 aromatic heterocycles. The number of amides is 1. The predicted octanol–water partition coefficient (Wildman–Crippen LogP) is 1.90. The van der Waals surface area contributed by atoms with Gasteiger partial charge in [0.15, 0.2) is 9.84 Å². The number of hydrogen-bond acceptors (Lipinski definition) is 3. The molecule has 1 rings (SSSR count). The van der Waals surface area contributed by atoms with E-state index in [1.54, 1.807) is 27.7 Å². The lowest BCUT2D eigenvalue weighted by Crippen LogP contribution is -2.39. The molecule has 0 heterocycles. The summed E-state index contributed by atoms with van der Waals surface area (Å²) in [7, 11) is -3.23. The molecule has 7 heteroatoms. The molecule has 18 heavy (non-hydrogen) atoms. The maximum Gasteiger partial charge on any atom is 0.229 e. The number of hydrogen-bond donors (Lipinski definition) is 1. The van der Waals surface area contributed by atoms with E-state index < -0.39 is 24.3 Å². The van der Waals surface area contributed by atoms with Gasteiger partial charge < -0.3 is 5.32 Å². The lowest BCUT2D eigenvalue weighted by Gasteiger charge is -2.19. The summed E-state index contributed by atoms with van der Waals surface area (Å²) in [4.78, 5) is 11.8. The first-order valence-electron chi connectivity index (χ1n) is 5.72. The van der Waals surface area contributed by atoms with E-state index in [4.69, 9.17) is 23.2 Å². The molecule has 4 nitrogen and oxygen atoms in total. The smallest absolute Gasteiger partial charge is 0.229 e. The molecular weight excluding hydrogens is 297 g/mol. The SMILES string of the molecule is CC1(C(=O)NCCS(=O)(=O)C(C)(C)C)CC1(Cl)Cl. The maximum absolute atomic E-state index is 11.8. The molecule has 0 saturated heterocycles. The molecule has 0 bridgehead atoms. The average molecular weight is 316 g/mol. The molecule has 0 aromatic carbocycles. The van der Waals surface area contributed by atoms with Crippen molar-refractivity contribution in [2.75, 3.05) is 12.3 Å². The van der Waals surface area contributed by atoms with Gasteiger partial charge in [0.05, 0.1) is 15.9 Å². The number of halogens is 2. The summed E-state index contributed by atoms with van der Waals surface area (Å²) >= 11 is 11.7. The third-order valence-corrected chi connectivity index (χ3v) is 7.06. The first-order chi connectivity index (χ1) is 7.83. The molecular formula is C11H19Cl2NO3S. The fourth-order valence-electron chi connectivity index (χ4n) is 1.45. The Morgan fingerprint density at radius 2 is 1.78 bits per heavy atom. The second-order valence-electron chi connectivity index (χ2n) is 5.90. The Morgan fingerprint density at radius 3 is 2.11 bits per heavy atom. The van der Waals surface area contributed by atoms with Gasteiger partial charge in [-0.3, -0.25) is 4.79 Å². The highest BCUT2D eigenvalue weighted by Crippen LogP contribution is 2.63. The van der Waals surface area contributed by atoms with Gasteiger partial charge in [-0.15, -0.1) is 23.2 Å². The molecule has 1 aliphatic rings. The zero-order valence-electron chi connectivity index (χ0n) is 11.0. The van der Waals surface area contributed by atoms with Crippen molar-refractivity contribution in [1.82, 2.24) is 5.32 Å². The molecule has 0 radical (unpaired) electrons. The van der Waals surface area contributed by atoms with Crippen LogP contribution in [0.25, 0.3) is 0 Å². The van der Waals surface area contributed by atoms with E-state index in [1.807, 2.05) is 0 Å². The Balaban J connectivity index is 2.48. The average Bonchev–Trinajstić information content (AvgIpc) is 2.65. The first-order valence-corrected chi connectivity index (χ1v) is 8.13. The van der Waals surface area contributed by atoms with Crippen molar-refractivity contribution in [2.24, 2.45) is 5.41 Å². The second-order valence-corrected chi connectivity index (χ2v) is 10.2. The molecule has 1 amide bonds. The van der Waals surface area contributed by atoms with Gasteiger partial charge in [-0.1, -0.05) is 0 Å². The van der Waals surface area contributed by atoms with Gasteiger partial charge in [0, 0.05) is 6.54 Å². The quantitative estimate of drug-likeness (QED) is 0.806. The normalized spacial score (nSPS) is 26.8. The highest BCUT2D eigenvalue weighted by Gasteiger charge is 2.67. The van der Waals surface area contributed by atoms with E-state index in [-0.39, 0.29) is 18.2 Å². The second kappa shape index (κ2) is 4.53. The topological polar surface area (TPSA) is 63.2 Å². The zero-order chi connectivity index (χ0) is 14.4. The summed E-state index contributed by atoms with van der Waals surface area (Å²) in [6.07, 6.45) is 0.390. The Kier molecular flexibility index (Phi) is 4.04. The number of nitrogens with one attached hydrogen (secondary N) is 1. The van der Waals surface area contributed by atoms with Gasteiger partial charge in [-0.25, -0.2) is 8.42 Å². The van der Waals surface area contributed by atoms with Crippen molar-refractivity contribution >= 4 is 38.9 Å². The minimum absolute atomic E-state index is 0.0812. The number of carbonyl (C=O) groups excluding carboxylic acids is 1. The van der Waals surface area contributed by atoms with Gasteiger partial charge in [-0.2, -0.15) is 0 Å². The van der Waals surface area contributed by atoms with Crippen LogP contribution in [0.3, 0.4) is 0 Å². The Labute approximate surface area is 118 Å². The Bertz CT molecular complexity index is 453. The lowest BCUT2D eigenvalue weighted by atomic mass is 10.1. The maximum atomic E-state index is 11.8. The Morgan fingerprint density at radius 1 is 1.33 bits per heavy atom. The standard InChI is InChI=1S/C11H19Cl2NO3S/c1-9(2,3)18(16,17)6-5-14-8(15)10(4)7-11(10,12)13/h5-7H2,1-4H3,(H,14,15). The van der Waals surface area contributed by atoms with E-state index in [0.29, 0.717) is 6.42 Å². The fraction of sp³-hybridized carbons (Fsp3) is 0.909. The molecule has 1 unspecified atom stereocenters. The largest absolute Gasteiger partial charge is 0.355 e. The molecule has 0 spiro atoms. The third kappa shape index (κ3) is 2.94. The van der Waals surface area contributed by atoms with Crippen molar-refractivity contribution in [3.63, 3.8) is 0 Å². The van der Waals surface area contributed by atoms with Gasteiger partial charge in [0.2, 0.25) is 5.91 Å². The van der Waals surface area contributed by atoms with Crippen LogP contribution in [-0.4, -0.2) is 35.7 Å². The van der Waals surface area contributed by atoms with Crippen molar-refractivity contribution in [2.45, 2.75) is 43.2 Å². The van der Waals surface area contributed by atoms with Crippen molar-refractivity contribution < 1.29 is 13.2 Å². The zero-order valence-corrected chi connectivity index (χ0v) is 13.3. The molecule has 1 fully saturated rings. The van der Waals surface area contributed by atoms with Crippen LogP contribution < -0.4 is 5.32 Å². The minimum Gasteiger partial charge on any atom is -0.355 e. The van der Waals surface area contributed by atoms with Gasteiger partial charge in [-0.05, 0) is 34.1 Å². The van der Waals surface area contributed by atoms with Gasteiger partial charge >= 0.3 is 0 Å². The van der Waals surface area contributed by atoms with Gasteiger partial charge in [0.25, 0.3) is 0 Å². The summed E-state index contributed by atoms with van der Waals surface area (Å²) in [6.45, 7) is 6.65. The van der Waals surface area contributed by atoms with Crippen molar-refractivity contribution in [3.05, 3.63) is 0 Å².